The Kier molecular flexibility index (Phi) is 1.79. The first-order valence-electron chi connectivity index (χ1n) is 4.62. The number of fused-ring (bicyclic) bond motifs is 2. The summed E-state index contributed by atoms with van der Waals surface area (Å²) in [5.41, 5.74) is 0. The van der Waals surface area contributed by atoms with Gasteiger partial charge in [-0.25, -0.2) is 0 Å². The van der Waals surface area contributed by atoms with Gasteiger partial charge in [0.05, 0.1) is 0 Å². The molecule has 1 fully saturated rings. The monoisotopic (exact) mass is 136 g/mol. The van der Waals surface area contributed by atoms with E-state index < -0.39 is 0 Å². The zero-order valence-electron chi connectivity index (χ0n) is 6.55. The second-order valence-corrected chi connectivity index (χ2v) is 3.80. The first-order chi connectivity index (χ1) is 4.95. The van der Waals surface area contributed by atoms with Crippen LogP contribution in [0.4, 0.5) is 0 Å². The van der Waals surface area contributed by atoms with Gasteiger partial charge in [-0.05, 0) is 37.5 Å². The minimum Gasteiger partial charge on any atom is -0.0882 e. The Balaban J connectivity index is 2.04. The number of rotatable bonds is 0. The molecule has 0 N–H and O–H groups in total. The van der Waals surface area contributed by atoms with Crippen molar-refractivity contribution in [2.24, 2.45) is 11.8 Å². The fraction of sp³-hybridized carbons (Fsp3) is 0.800. The summed E-state index contributed by atoms with van der Waals surface area (Å²) in [6, 6.07) is 0. The number of hydrogen-bond acceptors (Lipinski definition) is 0. The Bertz CT molecular complexity index is 135. The maximum atomic E-state index is 2.46. The van der Waals surface area contributed by atoms with Crippen LogP contribution < -0.4 is 0 Å². The maximum Gasteiger partial charge on any atom is -0.0231 e. The highest BCUT2D eigenvalue weighted by Crippen LogP contribution is 2.34. The molecule has 2 bridgehead atoms. The summed E-state index contributed by atoms with van der Waals surface area (Å²) in [6.45, 7) is 0. The summed E-state index contributed by atoms with van der Waals surface area (Å²) in [5.74, 6) is 2.04. The molecule has 10 heavy (non-hydrogen) atoms. The van der Waals surface area contributed by atoms with E-state index in [0.717, 1.165) is 11.8 Å². The summed E-state index contributed by atoms with van der Waals surface area (Å²) in [7, 11) is 0. The van der Waals surface area contributed by atoms with Crippen LogP contribution in [0.5, 0.6) is 0 Å². The molecule has 56 valence electrons. The summed E-state index contributed by atoms with van der Waals surface area (Å²) in [6.07, 6.45) is 13.6. The molecule has 0 saturated heterocycles. The average Bonchev–Trinajstić information content (AvgIpc) is 2.12. The molecule has 1 saturated carbocycles. The maximum absolute atomic E-state index is 2.46. The van der Waals surface area contributed by atoms with Gasteiger partial charge in [0.1, 0.15) is 0 Å². The third-order valence-electron chi connectivity index (χ3n) is 2.97. The van der Waals surface area contributed by atoms with Crippen LogP contribution in [0, 0.1) is 11.8 Å². The van der Waals surface area contributed by atoms with Gasteiger partial charge in [-0.1, -0.05) is 25.0 Å². The zero-order valence-corrected chi connectivity index (χ0v) is 6.55. The molecule has 0 spiro atoms. The largest absolute Gasteiger partial charge is 0.0882 e. The Morgan fingerprint density at radius 3 is 3.10 bits per heavy atom. The third kappa shape index (κ3) is 1.25. The second kappa shape index (κ2) is 2.77. The van der Waals surface area contributed by atoms with E-state index in [4.69, 9.17) is 0 Å². The van der Waals surface area contributed by atoms with Crippen molar-refractivity contribution in [3.05, 3.63) is 12.2 Å². The lowest BCUT2D eigenvalue weighted by molar-refractivity contribution is 0.300. The molecule has 0 aromatic carbocycles. The molecule has 0 heteroatoms. The van der Waals surface area contributed by atoms with Crippen molar-refractivity contribution < 1.29 is 0 Å². The number of allylic oxidation sites excluding steroid dienone is 2. The van der Waals surface area contributed by atoms with Crippen molar-refractivity contribution in [1.29, 1.82) is 0 Å². The summed E-state index contributed by atoms with van der Waals surface area (Å²) in [4.78, 5) is 0. The molecule has 0 aliphatic heterocycles. The highest BCUT2D eigenvalue weighted by Gasteiger charge is 2.20. The van der Waals surface area contributed by atoms with E-state index in [0.29, 0.717) is 0 Å². The van der Waals surface area contributed by atoms with E-state index in [9.17, 15) is 0 Å². The van der Waals surface area contributed by atoms with E-state index in [1.54, 1.807) is 0 Å². The fourth-order valence-electron chi connectivity index (χ4n) is 2.39. The molecule has 0 amide bonds. The van der Waals surface area contributed by atoms with Crippen molar-refractivity contribution in [2.45, 2.75) is 38.5 Å². The first-order valence-corrected chi connectivity index (χ1v) is 4.62. The van der Waals surface area contributed by atoms with Gasteiger partial charge in [-0.2, -0.15) is 0 Å². The van der Waals surface area contributed by atoms with Crippen LogP contribution in [0.25, 0.3) is 0 Å². The van der Waals surface area contributed by atoms with Gasteiger partial charge in [0.2, 0.25) is 0 Å². The lowest BCUT2D eigenvalue weighted by Crippen LogP contribution is -2.11. The lowest BCUT2D eigenvalue weighted by Gasteiger charge is -2.24. The van der Waals surface area contributed by atoms with Crippen molar-refractivity contribution >= 4 is 0 Å². The van der Waals surface area contributed by atoms with Crippen LogP contribution in [-0.2, 0) is 0 Å². The van der Waals surface area contributed by atoms with Crippen LogP contribution in [0.2, 0.25) is 0 Å². The quantitative estimate of drug-likeness (QED) is 0.449. The van der Waals surface area contributed by atoms with Gasteiger partial charge in [0, 0.05) is 0 Å². The van der Waals surface area contributed by atoms with Gasteiger partial charge >= 0.3 is 0 Å². The van der Waals surface area contributed by atoms with Crippen molar-refractivity contribution in [3.8, 4) is 0 Å². The molecule has 0 aromatic heterocycles. The van der Waals surface area contributed by atoms with Crippen molar-refractivity contribution in [3.63, 3.8) is 0 Å². The van der Waals surface area contributed by atoms with E-state index in [1.807, 2.05) is 0 Å². The first kappa shape index (κ1) is 6.45. The van der Waals surface area contributed by atoms with Crippen LogP contribution in [-0.4, -0.2) is 0 Å². The van der Waals surface area contributed by atoms with E-state index in [2.05, 4.69) is 12.2 Å². The van der Waals surface area contributed by atoms with E-state index in [1.165, 1.54) is 38.5 Å². The second-order valence-electron chi connectivity index (χ2n) is 3.80. The molecule has 0 radical (unpaired) electrons. The molecule has 2 atom stereocenters. The van der Waals surface area contributed by atoms with Crippen LogP contribution in [0.15, 0.2) is 12.2 Å². The molecule has 2 unspecified atom stereocenters. The number of hydrogen-bond donors (Lipinski definition) is 0. The SMILES string of the molecule is C1=CC2CCCC(CC1)C2. The average molecular weight is 136 g/mol. The van der Waals surface area contributed by atoms with Gasteiger partial charge < -0.3 is 0 Å². The minimum atomic E-state index is 0.959. The van der Waals surface area contributed by atoms with Gasteiger partial charge in [-0.3, -0.25) is 0 Å². The molecule has 2 rings (SSSR count). The molecule has 0 nitrogen and oxygen atoms in total. The molecule has 2 aliphatic carbocycles. The topological polar surface area (TPSA) is 0 Å². The Labute approximate surface area is 63.3 Å². The summed E-state index contributed by atoms with van der Waals surface area (Å²) >= 11 is 0. The summed E-state index contributed by atoms with van der Waals surface area (Å²) in [5, 5.41) is 0. The molecule has 0 aromatic rings. The Morgan fingerprint density at radius 1 is 1.10 bits per heavy atom. The van der Waals surface area contributed by atoms with Gasteiger partial charge in [-0.15, -0.1) is 0 Å². The third-order valence-corrected chi connectivity index (χ3v) is 2.97. The van der Waals surface area contributed by atoms with Gasteiger partial charge in [0.25, 0.3) is 0 Å². The molecule has 2 aliphatic rings. The predicted octanol–water partition coefficient (Wildman–Crippen LogP) is 3.14. The summed E-state index contributed by atoms with van der Waals surface area (Å²) < 4.78 is 0. The smallest absolute Gasteiger partial charge is 0.0231 e. The van der Waals surface area contributed by atoms with E-state index >= 15 is 0 Å². The Hall–Kier alpha value is -0.260. The lowest BCUT2D eigenvalue weighted by atomic mass is 9.81. The minimum absolute atomic E-state index is 0.959. The standard InChI is InChI=1S/C10H16/c1-2-5-10-7-3-6-9(4-1)8-10/h1,4,9-10H,2-3,5-8H2. The molecule has 0 heterocycles. The van der Waals surface area contributed by atoms with Crippen LogP contribution in [0.1, 0.15) is 38.5 Å². The zero-order chi connectivity index (χ0) is 6.81. The van der Waals surface area contributed by atoms with Crippen molar-refractivity contribution in [1.82, 2.24) is 0 Å². The Morgan fingerprint density at radius 2 is 2.10 bits per heavy atom. The molecular weight excluding hydrogens is 120 g/mol. The predicted molar refractivity (Wildman–Crippen MR) is 43.8 cm³/mol. The van der Waals surface area contributed by atoms with Crippen molar-refractivity contribution in [2.75, 3.05) is 0 Å². The van der Waals surface area contributed by atoms with Gasteiger partial charge in [0.15, 0.2) is 0 Å². The van der Waals surface area contributed by atoms with E-state index in [-0.39, 0.29) is 0 Å². The van der Waals surface area contributed by atoms with Crippen LogP contribution >= 0.6 is 0 Å². The highest BCUT2D eigenvalue weighted by molar-refractivity contribution is 4.95. The highest BCUT2D eigenvalue weighted by atomic mass is 14.3. The normalized spacial score (nSPS) is 39.2. The fourth-order valence-corrected chi connectivity index (χ4v) is 2.39. The van der Waals surface area contributed by atoms with Crippen LogP contribution in [0.3, 0.4) is 0 Å². The molecular formula is C10H16.